The zero-order valence-corrected chi connectivity index (χ0v) is 6.53. The van der Waals surface area contributed by atoms with E-state index in [9.17, 15) is 4.79 Å². The average molecular weight is 167 g/mol. The number of aromatic nitrogens is 1. The first-order valence-electron chi connectivity index (χ1n) is 3.32. The van der Waals surface area contributed by atoms with E-state index in [1.54, 1.807) is 13.0 Å². The maximum absolute atomic E-state index is 11.0. The monoisotopic (exact) mass is 167 g/mol. The van der Waals surface area contributed by atoms with Crippen molar-refractivity contribution < 1.29 is 10.0 Å². The first-order valence-corrected chi connectivity index (χ1v) is 3.32. The number of hydrogen-bond donors (Lipinski definition) is 3. The molecule has 0 unspecified atom stereocenters. The van der Waals surface area contributed by atoms with Crippen LogP contribution in [0.25, 0.3) is 0 Å². The largest absolute Gasteiger partial charge is 0.383 e. The van der Waals surface area contributed by atoms with Crippen molar-refractivity contribution >= 4 is 11.7 Å². The standard InChI is InChI=1S/C7H9N3O2/c1-4-2-3-9-6(8)5(4)7(11)10-12/h2-3,12H,1H3,(H2,8,9)(H,10,11). The summed E-state index contributed by atoms with van der Waals surface area (Å²) in [5.41, 5.74) is 7.80. The number of nitrogens with zero attached hydrogens (tertiary/aromatic N) is 1. The fraction of sp³-hybridized carbons (Fsp3) is 0.143. The van der Waals surface area contributed by atoms with Crippen LogP contribution in [-0.4, -0.2) is 16.1 Å². The molecule has 0 aliphatic heterocycles. The Labute approximate surface area is 69.2 Å². The van der Waals surface area contributed by atoms with Crippen molar-refractivity contribution in [1.29, 1.82) is 0 Å². The number of anilines is 1. The molecule has 1 aromatic rings. The quantitative estimate of drug-likeness (QED) is 0.408. The van der Waals surface area contributed by atoms with Gasteiger partial charge in [-0.2, -0.15) is 0 Å². The number of carbonyl (C=O) groups excluding carboxylic acids is 1. The van der Waals surface area contributed by atoms with Crippen molar-refractivity contribution in [3.8, 4) is 0 Å². The molecule has 0 aliphatic rings. The van der Waals surface area contributed by atoms with Gasteiger partial charge in [0, 0.05) is 6.20 Å². The first kappa shape index (κ1) is 8.48. The van der Waals surface area contributed by atoms with Crippen LogP contribution in [0.1, 0.15) is 15.9 Å². The van der Waals surface area contributed by atoms with Crippen LogP contribution >= 0.6 is 0 Å². The predicted octanol–water partition coefficient (Wildman–Crippen LogP) is 0.0912. The van der Waals surface area contributed by atoms with Gasteiger partial charge in [-0.25, -0.2) is 10.5 Å². The summed E-state index contributed by atoms with van der Waals surface area (Å²) in [6, 6.07) is 1.64. The molecule has 5 nitrogen and oxygen atoms in total. The summed E-state index contributed by atoms with van der Waals surface area (Å²) < 4.78 is 0. The summed E-state index contributed by atoms with van der Waals surface area (Å²) in [5, 5.41) is 8.35. The molecule has 0 aliphatic carbocycles. The molecule has 4 N–H and O–H groups in total. The van der Waals surface area contributed by atoms with Gasteiger partial charge in [0.15, 0.2) is 0 Å². The first-order chi connectivity index (χ1) is 5.66. The second-order valence-electron chi connectivity index (χ2n) is 2.33. The molecule has 0 bridgehead atoms. The fourth-order valence-electron chi connectivity index (χ4n) is 0.931. The number of rotatable bonds is 1. The topological polar surface area (TPSA) is 88.2 Å². The fourth-order valence-corrected chi connectivity index (χ4v) is 0.931. The molecule has 1 rings (SSSR count). The molecule has 0 radical (unpaired) electrons. The van der Waals surface area contributed by atoms with E-state index in [-0.39, 0.29) is 11.4 Å². The Hall–Kier alpha value is -1.62. The highest BCUT2D eigenvalue weighted by molar-refractivity contribution is 5.98. The van der Waals surface area contributed by atoms with E-state index in [1.165, 1.54) is 11.7 Å². The van der Waals surface area contributed by atoms with Crippen LogP contribution in [0.15, 0.2) is 12.3 Å². The summed E-state index contributed by atoms with van der Waals surface area (Å²) in [6.07, 6.45) is 1.50. The third-order valence-corrected chi connectivity index (χ3v) is 1.52. The summed E-state index contributed by atoms with van der Waals surface area (Å²) in [7, 11) is 0. The van der Waals surface area contributed by atoms with Crippen LogP contribution in [0, 0.1) is 6.92 Å². The molecular weight excluding hydrogens is 158 g/mol. The van der Waals surface area contributed by atoms with Gasteiger partial charge in [0.2, 0.25) is 0 Å². The van der Waals surface area contributed by atoms with Gasteiger partial charge in [0.05, 0.1) is 5.56 Å². The highest BCUT2D eigenvalue weighted by Gasteiger charge is 2.11. The molecule has 1 heterocycles. The Morgan fingerprint density at radius 2 is 2.42 bits per heavy atom. The highest BCUT2D eigenvalue weighted by atomic mass is 16.5. The van der Waals surface area contributed by atoms with Gasteiger partial charge in [-0.1, -0.05) is 0 Å². The van der Waals surface area contributed by atoms with Gasteiger partial charge in [-0.15, -0.1) is 0 Å². The lowest BCUT2D eigenvalue weighted by Crippen LogP contribution is -2.21. The molecule has 0 saturated carbocycles. The minimum atomic E-state index is -0.641. The van der Waals surface area contributed by atoms with E-state index in [4.69, 9.17) is 10.9 Å². The number of hydroxylamine groups is 1. The van der Waals surface area contributed by atoms with E-state index in [2.05, 4.69) is 4.98 Å². The van der Waals surface area contributed by atoms with Crippen LogP contribution in [-0.2, 0) is 0 Å². The number of nitrogens with one attached hydrogen (secondary N) is 1. The molecule has 0 aromatic carbocycles. The molecule has 12 heavy (non-hydrogen) atoms. The smallest absolute Gasteiger partial charge is 0.278 e. The van der Waals surface area contributed by atoms with Crippen molar-refractivity contribution in [3.05, 3.63) is 23.4 Å². The number of amides is 1. The Balaban J connectivity index is 3.21. The van der Waals surface area contributed by atoms with Gasteiger partial charge in [-0.3, -0.25) is 10.0 Å². The van der Waals surface area contributed by atoms with Gasteiger partial charge in [-0.05, 0) is 18.6 Å². The molecule has 0 atom stereocenters. The summed E-state index contributed by atoms with van der Waals surface area (Å²) in [5.74, 6) is -0.528. The van der Waals surface area contributed by atoms with Crippen molar-refractivity contribution in [2.45, 2.75) is 6.92 Å². The number of nitrogens with two attached hydrogens (primary N) is 1. The molecule has 0 fully saturated rings. The molecule has 64 valence electrons. The molecule has 1 amide bonds. The Bertz CT molecular complexity index is 291. The number of hydrogen-bond acceptors (Lipinski definition) is 4. The molecule has 0 saturated heterocycles. The van der Waals surface area contributed by atoms with Gasteiger partial charge in [0.25, 0.3) is 5.91 Å². The van der Waals surface area contributed by atoms with Gasteiger partial charge in [0.1, 0.15) is 5.82 Å². The third-order valence-electron chi connectivity index (χ3n) is 1.52. The zero-order valence-electron chi connectivity index (χ0n) is 6.53. The number of carbonyl (C=O) groups is 1. The second kappa shape index (κ2) is 3.19. The van der Waals surface area contributed by atoms with Crippen LogP contribution in [0.3, 0.4) is 0 Å². The predicted molar refractivity (Wildman–Crippen MR) is 42.6 cm³/mol. The number of nitrogen functional groups attached to an aromatic ring is 1. The SMILES string of the molecule is Cc1ccnc(N)c1C(=O)NO. The molecular formula is C7H9N3O2. The molecule has 1 aromatic heterocycles. The Morgan fingerprint density at radius 3 is 2.92 bits per heavy atom. The second-order valence-corrected chi connectivity index (χ2v) is 2.33. The van der Waals surface area contributed by atoms with E-state index < -0.39 is 5.91 Å². The highest BCUT2D eigenvalue weighted by Crippen LogP contribution is 2.12. The van der Waals surface area contributed by atoms with Crippen molar-refractivity contribution in [2.75, 3.05) is 5.73 Å². The minimum Gasteiger partial charge on any atom is -0.383 e. The van der Waals surface area contributed by atoms with Gasteiger partial charge < -0.3 is 5.73 Å². The van der Waals surface area contributed by atoms with Crippen LogP contribution in [0.5, 0.6) is 0 Å². The summed E-state index contributed by atoms with van der Waals surface area (Å²) in [4.78, 5) is 14.7. The molecule has 5 heteroatoms. The zero-order chi connectivity index (χ0) is 9.14. The third kappa shape index (κ3) is 1.35. The Morgan fingerprint density at radius 1 is 1.75 bits per heavy atom. The lowest BCUT2D eigenvalue weighted by Gasteiger charge is -2.04. The van der Waals surface area contributed by atoms with Crippen molar-refractivity contribution in [2.24, 2.45) is 0 Å². The van der Waals surface area contributed by atoms with E-state index in [1.807, 2.05) is 0 Å². The Kier molecular flexibility index (Phi) is 2.25. The summed E-state index contributed by atoms with van der Waals surface area (Å²) >= 11 is 0. The van der Waals surface area contributed by atoms with Gasteiger partial charge >= 0.3 is 0 Å². The number of aryl methyl sites for hydroxylation is 1. The summed E-state index contributed by atoms with van der Waals surface area (Å²) in [6.45, 7) is 1.71. The number of pyridine rings is 1. The lowest BCUT2D eigenvalue weighted by atomic mass is 10.1. The van der Waals surface area contributed by atoms with Crippen molar-refractivity contribution in [3.63, 3.8) is 0 Å². The average Bonchev–Trinajstić information content (AvgIpc) is 2.03. The lowest BCUT2D eigenvalue weighted by molar-refractivity contribution is 0.0706. The van der Waals surface area contributed by atoms with E-state index >= 15 is 0 Å². The maximum atomic E-state index is 11.0. The van der Waals surface area contributed by atoms with Crippen molar-refractivity contribution in [1.82, 2.24) is 10.5 Å². The van der Waals surface area contributed by atoms with Crippen LogP contribution in [0.2, 0.25) is 0 Å². The normalized spacial score (nSPS) is 9.50. The van der Waals surface area contributed by atoms with Crippen LogP contribution in [0.4, 0.5) is 5.82 Å². The minimum absolute atomic E-state index is 0.113. The molecule has 0 spiro atoms. The van der Waals surface area contributed by atoms with E-state index in [0.29, 0.717) is 5.56 Å². The van der Waals surface area contributed by atoms with E-state index in [0.717, 1.165) is 0 Å². The maximum Gasteiger partial charge on any atom is 0.278 e. The van der Waals surface area contributed by atoms with Crippen LogP contribution < -0.4 is 11.2 Å².